The fourth-order valence-corrected chi connectivity index (χ4v) is 1.58. The molecule has 0 radical (unpaired) electrons. The lowest BCUT2D eigenvalue weighted by Crippen LogP contribution is -2.25. The predicted octanol–water partition coefficient (Wildman–Crippen LogP) is 0.387. The van der Waals surface area contributed by atoms with Gasteiger partial charge in [-0.1, -0.05) is 0 Å². The number of aromatic amines is 2. The number of fused-ring (bicyclic) bond motifs is 1. The minimum absolute atomic E-state index is 0.391. The third kappa shape index (κ3) is 1.14. The van der Waals surface area contributed by atoms with Crippen LogP contribution < -0.4 is 11.2 Å². The summed E-state index contributed by atoms with van der Waals surface area (Å²) in [5.74, 6) is 0. The van der Waals surface area contributed by atoms with Crippen LogP contribution in [0.5, 0.6) is 0 Å². The Morgan fingerprint density at radius 3 is 2.85 bits per heavy atom. The molecule has 0 spiro atoms. The van der Waals surface area contributed by atoms with Crippen LogP contribution in [-0.4, -0.2) is 14.6 Å². The molecule has 2 rings (SSSR count). The van der Waals surface area contributed by atoms with Crippen LogP contribution in [0.15, 0.2) is 20.1 Å². The Morgan fingerprint density at radius 1 is 1.46 bits per heavy atom. The van der Waals surface area contributed by atoms with Crippen molar-refractivity contribution in [2.75, 3.05) is 0 Å². The highest BCUT2D eigenvalue weighted by Gasteiger charge is 2.06. The molecule has 0 bridgehead atoms. The van der Waals surface area contributed by atoms with Crippen LogP contribution in [0.4, 0.5) is 0 Å². The van der Waals surface area contributed by atoms with E-state index in [-0.39, 0.29) is 0 Å². The number of hydrogen-bond donors (Lipinski definition) is 2. The molecule has 0 aliphatic rings. The van der Waals surface area contributed by atoms with E-state index >= 15 is 0 Å². The molecule has 0 amide bonds. The molecule has 0 fully saturated rings. The van der Waals surface area contributed by atoms with Crippen LogP contribution in [0, 0.1) is 6.92 Å². The summed E-state index contributed by atoms with van der Waals surface area (Å²) in [4.78, 5) is 24.3. The highest BCUT2D eigenvalue weighted by atomic mass is 79.9. The lowest BCUT2D eigenvalue weighted by molar-refractivity contribution is 0.820. The molecule has 13 heavy (non-hydrogen) atoms. The third-order valence-corrected chi connectivity index (χ3v) is 2.66. The minimum Gasteiger partial charge on any atom is -0.271 e. The van der Waals surface area contributed by atoms with Crippen LogP contribution in [-0.2, 0) is 0 Å². The van der Waals surface area contributed by atoms with Gasteiger partial charge in [-0.15, -0.1) is 0 Å². The van der Waals surface area contributed by atoms with Crippen molar-refractivity contribution >= 4 is 21.4 Å². The van der Waals surface area contributed by atoms with E-state index in [2.05, 4.69) is 26.0 Å². The molecule has 2 aromatic rings. The summed E-state index contributed by atoms with van der Waals surface area (Å²) in [5, 5.41) is 2.50. The van der Waals surface area contributed by atoms with Gasteiger partial charge in [0.1, 0.15) is 5.52 Å². The molecule has 2 N–H and O–H groups in total. The summed E-state index contributed by atoms with van der Waals surface area (Å²) in [6.07, 6.45) is 0. The largest absolute Gasteiger partial charge is 0.340 e. The van der Waals surface area contributed by atoms with Crippen LogP contribution in [0.2, 0.25) is 0 Å². The van der Waals surface area contributed by atoms with Crippen molar-refractivity contribution in [3.63, 3.8) is 0 Å². The lowest BCUT2D eigenvalue weighted by atomic mass is 10.5. The first-order valence-electron chi connectivity index (χ1n) is 3.60. The van der Waals surface area contributed by atoms with Gasteiger partial charge in [-0.3, -0.25) is 9.78 Å². The summed E-state index contributed by atoms with van der Waals surface area (Å²) in [6.45, 7) is 1.80. The number of halogens is 1. The van der Waals surface area contributed by atoms with Crippen molar-refractivity contribution in [3.05, 3.63) is 37.1 Å². The number of hydrogen-bond acceptors (Lipinski definition) is 2. The molecule has 68 valence electrons. The molecule has 0 aliphatic heterocycles. The number of nitrogens with zero attached hydrogens (tertiary/aromatic N) is 1. The molecule has 0 saturated heterocycles. The summed E-state index contributed by atoms with van der Waals surface area (Å²) in [7, 11) is 0. The van der Waals surface area contributed by atoms with Gasteiger partial charge in [0.15, 0.2) is 0 Å². The molecule has 0 aliphatic carbocycles. The summed E-state index contributed by atoms with van der Waals surface area (Å²) < 4.78 is 2.24. The maximum Gasteiger partial charge on any atom is 0.340 e. The van der Waals surface area contributed by atoms with Crippen LogP contribution in [0.25, 0.3) is 5.52 Å². The zero-order valence-corrected chi connectivity index (χ0v) is 8.31. The van der Waals surface area contributed by atoms with Gasteiger partial charge in [0, 0.05) is 4.47 Å². The smallest absolute Gasteiger partial charge is 0.271 e. The van der Waals surface area contributed by atoms with E-state index in [1.807, 2.05) is 0 Å². The summed E-state index contributed by atoms with van der Waals surface area (Å²) in [6, 6.07) is 1.66. The number of rotatable bonds is 0. The number of nitrogens with one attached hydrogen (secondary N) is 2. The minimum atomic E-state index is -0.510. The van der Waals surface area contributed by atoms with E-state index in [1.165, 1.54) is 4.52 Å². The van der Waals surface area contributed by atoms with Crippen LogP contribution >= 0.6 is 15.9 Å². The molecule has 0 unspecified atom stereocenters. The molecule has 5 nitrogen and oxygen atoms in total. The van der Waals surface area contributed by atoms with Crippen molar-refractivity contribution in [2.24, 2.45) is 0 Å². The molecule has 2 aromatic heterocycles. The van der Waals surface area contributed by atoms with Crippen molar-refractivity contribution < 1.29 is 0 Å². The van der Waals surface area contributed by atoms with E-state index < -0.39 is 11.2 Å². The first-order valence-corrected chi connectivity index (χ1v) is 4.39. The van der Waals surface area contributed by atoms with Gasteiger partial charge >= 0.3 is 5.69 Å². The standard InChI is InChI=1S/C7H6BrN3O2/c1-3-4(8)2-5-6(12)9-7(13)10-11(3)5/h2H,1H3,(H2,9,10,12,13). The Kier molecular flexibility index (Phi) is 1.66. The van der Waals surface area contributed by atoms with Gasteiger partial charge in [-0.2, -0.15) is 0 Å². The zero-order chi connectivity index (χ0) is 9.59. The summed E-state index contributed by atoms with van der Waals surface area (Å²) in [5.41, 5.74) is 0.309. The van der Waals surface area contributed by atoms with Crippen LogP contribution in [0.3, 0.4) is 0 Å². The molecular formula is C7H6BrN3O2. The maximum absolute atomic E-state index is 11.2. The Bertz CT molecular complexity index is 577. The zero-order valence-electron chi connectivity index (χ0n) is 6.72. The second-order valence-electron chi connectivity index (χ2n) is 2.69. The summed E-state index contributed by atoms with van der Waals surface area (Å²) >= 11 is 3.27. The van der Waals surface area contributed by atoms with Gasteiger partial charge in [-0.25, -0.2) is 14.4 Å². The molecule has 0 saturated carbocycles. The normalized spacial score (nSPS) is 10.9. The molecular weight excluding hydrogens is 238 g/mol. The number of aryl methyl sites for hydroxylation is 1. The Hall–Kier alpha value is -1.30. The molecule has 6 heteroatoms. The van der Waals surface area contributed by atoms with Crippen molar-refractivity contribution in [2.45, 2.75) is 6.92 Å². The van der Waals surface area contributed by atoms with Crippen LogP contribution in [0.1, 0.15) is 5.69 Å². The quantitative estimate of drug-likeness (QED) is 0.703. The number of H-pyrrole nitrogens is 2. The maximum atomic E-state index is 11.2. The average Bonchev–Trinajstić information content (AvgIpc) is 2.32. The number of aromatic nitrogens is 3. The Morgan fingerprint density at radius 2 is 2.15 bits per heavy atom. The van der Waals surface area contributed by atoms with Gasteiger partial charge < -0.3 is 0 Å². The highest BCUT2D eigenvalue weighted by Crippen LogP contribution is 2.17. The third-order valence-electron chi connectivity index (χ3n) is 1.86. The van der Waals surface area contributed by atoms with Gasteiger partial charge in [0.05, 0.1) is 5.69 Å². The van der Waals surface area contributed by atoms with E-state index in [1.54, 1.807) is 13.0 Å². The monoisotopic (exact) mass is 243 g/mol. The van der Waals surface area contributed by atoms with E-state index in [0.29, 0.717) is 5.52 Å². The molecule has 2 heterocycles. The predicted molar refractivity (Wildman–Crippen MR) is 51.1 cm³/mol. The van der Waals surface area contributed by atoms with Crippen molar-refractivity contribution in [3.8, 4) is 0 Å². The first kappa shape index (κ1) is 8.31. The first-order chi connectivity index (χ1) is 6.09. The van der Waals surface area contributed by atoms with Gasteiger partial charge in [0.25, 0.3) is 5.56 Å². The molecule has 0 atom stereocenters. The van der Waals surface area contributed by atoms with E-state index in [9.17, 15) is 9.59 Å². The fraction of sp³-hybridized carbons (Fsp3) is 0.143. The lowest BCUT2D eigenvalue weighted by Gasteiger charge is -1.94. The Balaban J connectivity index is 3.12. The SMILES string of the molecule is Cc1c(Br)cc2c(=O)[nH]c(=O)[nH]n12. The highest BCUT2D eigenvalue weighted by molar-refractivity contribution is 9.10. The Labute approximate surface area is 80.5 Å². The second-order valence-corrected chi connectivity index (χ2v) is 3.55. The average molecular weight is 244 g/mol. The topological polar surface area (TPSA) is 70.1 Å². The van der Waals surface area contributed by atoms with Crippen molar-refractivity contribution in [1.82, 2.24) is 14.6 Å². The van der Waals surface area contributed by atoms with Crippen molar-refractivity contribution in [1.29, 1.82) is 0 Å². The van der Waals surface area contributed by atoms with E-state index in [0.717, 1.165) is 10.2 Å². The van der Waals surface area contributed by atoms with Gasteiger partial charge in [0.2, 0.25) is 0 Å². The second kappa shape index (κ2) is 2.59. The van der Waals surface area contributed by atoms with E-state index in [4.69, 9.17) is 0 Å². The van der Waals surface area contributed by atoms with Gasteiger partial charge in [-0.05, 0) is 28.9 Å². The fourth-order valence-electron chi connectivity index (χ4n) is 1.18. The molecule has 0 aromatic carbocycles.